The summed E-state index contributed by atoms with van der Waals surface area (Å²) in [6.45, 7) is 5.02. The van der Waals surface area contributed by atoms with Gasteiger partial charge in [0.05, 0.1) is 12.6 Å². The first kappa shape index (κ1) is 18.7. The van der Waals surface area contributed by atoms with Crippen LogP contribution in [0.25, 0.3) is 0 Å². The normalized spacial score (nSPS) is 17.6. The molecule has 0 aliphatic carbocycles. The van der Waals surface area contributed by atoms with Gasteiger partial charge in [0.15, 0.2) is 0 Å². The molecule has 0 spiro atoms. The highest BCUT2D eigenvalue weighted by molar-refractivity contribution is 5.76. The van der Waals surface area contributed by atoms with E-state index in [4.69, 9.17) is 0 Å². The fourth-order valence-electron chi connectivity index (χ4n) is 3.29. The Morgan fingerprint density at radius 2 is 2.08 bits per heavy atom. The Bertz CT molecular complexity index is 527. The first-order valence-corrected chi connectivity index (χ1v) is 8.93. The predicted molar refractivity (Wildman–Crippen MR) is 94.8 cm³/mol. The zero-order chi connectivity index (χ0) is 17.5. The molecule has 2 rings (SSSR count). The Balaban J connectivity index is 1.82. The minimum atomic E-state index is -0.774. The van der Waals surface area contributed by atoms with Crippen molar-refractivity contribution in [2.75, 3.05) is 33.2 Å². The molecule has 0 aromatic heterocycles. The summed E-state index contributed by atoms with van der Waals surface area (Å²) in [7, 11) is 2.14. The Morgan fingerprint density at radius 3 is 2.71 bits per heavy atom. The first-order chi connectivity index (χ1) is 11.5. The van der Waals surface area contributed by atoms with Gasteiger partial charge >= 0.3 is 0 Å². The van der Waals surface area contributed by atoms with Gasteiger partial charge in [-0.05, 0) is 69.9 Å². The van der Waals surface area contributed by atoms with Crippen LogP contribution in [0.2, 0.25) is 0 Å². The molecule has 24 heavy (non-hydrogen) atoms. The zero-order valence-electron chi connectivity index (χ0n) is 14.8. The molecule has 0 bridgehead atoms. The number of hydrogen-bond acceptors (Lipinski definition) is 4. The fraction of sp³-hybridized carbons (Fsp3) is 0.632. The van der Waals surface area contributed by atoms with Crippen molar-refractivity contribution in [3.8, 4) is 5.75 Å². The summed E-state index contributed by atoms with van der Waals surface area (Å²) in [5.74, 6) is 0.874. The van der Waals surface area contributed by atoms with E-state index in [0.717, 1.165) is 19.5 Å². The number of phenols is 1. The summed E-state index contributed by atoms with van der Waals surface area (Å²) in [6.07, 6.45) is 3.05. The van der Waals surface area contributed by atoms with Gasteiger partial charge in [0.25, 0.3) is 0 Å². The number of likely N-dealkylation sites (tertiary alicyclic amines) is 1. The molecule has 134 valence electrons. The van der Waals surface area contributed by atoms with Crippen molar-refractivity contribution in [2.45, 2.75) is 38.7 Å². The van der Waals surface area contributed by atoms with E-state index in [1.165, 1.54) is 12.8 Å². The van der Waals surface area contributed by atoms with Crippen LogP contribution < -0.4 is 0 Å². The second-order valence-corrected chi connectivity index (χ2v) is 6.83. The Kier molecular flexibility index (Phi) is 7.06. The topological polar surface area (TPSA) is 64.0 Å². The van der Waals surface area contributed by atoms with E-state index in [2.05, 4.69) is 11.9 Å². The molecule has 0 radical (unpaired) electrons. The molecule has 1 heterocycles. The number of phenolic OH excluding ortho intramolecular Hbond substituents is 1. The number of rotatable bonds is 7. The molecule has 1 fully saturated rings. The highest BCUT2D eigenvalue weighted by Gasteiger charge is 2.21. The van der Waals surface area contributed by atoms with Crippen LogP contribution in [0.4, 0.5) is 0 Å². The molecule has 1 aromatic rings. The third-order valence-corrected chi connectivity index (χ3v) is 4.99. The highest BCUT2D eigenvalue weighted by atomic mass is 16.3. The van der Waals surface area contributed by atoms with Crippen LogP contribution in [0.1, 0.15) is 44.3 Å². The van der Waals surface area contributed by atoms with Crippen molar-refractivity contribution in [1.82, 2.24) is 9.80 Å². The lowest BCUT2D eigenvalue weighted by Gasteiger charge is -2.30. The summed E-state index contributed by atoms with van der Waals surface area (Å²) in [6, 6.07) is 6.58. The molecule has 2 N–H and O–H groups in total. The number of aliphatic hydroxyl groups excluding tert-OH is 1. The Morgan fingerprint density at radius 1 is 1.38 bits per heavy atom. The van der Waals surface area contributed by atoms with E-state index in [-0.39, 0.29) is 18.2 Å². The molecule has 1 aliphatic rings. The molecule has 0 unspecified atom stereocenters. The number of benzene rings is 1. The SMILES string of the molecule is CCN(C[C@H](O)c1cccc(O)c1)C(=O)CCC1CCN(C)CC1. The van der Waals surface area contributed by atoms with E-state index in [9.17, 15) is 15.0 Å². The summed E-state index contributed by atoms with van der Waals surface area (Å²) >= 11 is 0. The quantitative estimate of drug-likeness (QED) is 0.804. The lowest BCUT2D eigenvalue weighted by atomic mass is 9.92. The van der Waals surface area contributed by atoms with E-state index in [1.807, 2.05) is 6.92 Å². The van der Waals surface area contributed by atoms with Crippen molar-refractivity contribution >= 4 is 5.91 Å². The number of aromatic hydroxyl groups is 1. The number of amides is 1. The van der Waals surface area contributed by atoms with Gasteiger partial charge < -0.3 is 20.0 Å². The smallest absolute Gasteiger partial charge is 0.222 e. The van der Waals surface area contributed by atoms with Gasteiger partial charge in [-0.25, -0.2) is 0 Å². The number of likely N-dealkylation sites (N-methyl/N-ethyl adjacent to an activating group) is 1. The van der Waals surface area contributed by atoms with Crippen LogP contribution in [0.5, 0.6) is 5.75 Å². The fourth-order valence-corrected chi connectivity index (χ4v) is 3.29. The molecule has 1 atom stereocenters. The standard InChI is InChI=1S/C19H30N2O3/c1-3-21(14-18(23)16-5-4-6-17(22)13-16)19(24)8-7-15-9-11-20(2)12-10-15/h4-6,13,15,18,22-23H,3,7-12,14H2,1-2H3/t18-/m0/s1. The molecule has 1 saturated heterocycles. The van der Waals surface area contributed by atoms with Crippen LogP contribution in [0.3, 0.4) is 0 Å². The van der Waals surface area contributed by atoms with Crippen molar-refractivity contribution in [2.24, 2.45) is 5.92 Å². The maximum Gasteiger partial charge on any atom is 0.222 e. The first-order valence-electron chi connectivity index (χ1n) is 8.93. The summed E-state index contributed by atoms with van der Waals surface area (Å²) in [5.41, 5.74) is 0.636. The molecular weight excluding hydrogens is 304 g/mol. The minimum absolute atomic E-state index is 0.107. The van der Waals surface area contributed by atoms with Crippen molar-refractivity contribution in [3.05, 3.63) is 29.8 Å². The second kappa shape index (κ2) is 9.04. The van der Waals surface area contributed by atoms with Gasteiger partial charge in [-0.15, -0.1) is 0 Å². The van der Waals surface area contributed by atoms with Gasteiger partial charge in [0, 0.05) is 13.0 Å². The van der Waals surface area contributed by atoms with Crippen molar-refractivity contribution in [1.29, 1.82) is 0 Å². The molecule has 1 aromatic carbocycles. The lowest BCUT2D eigenvalue weighted by Crippen LogP contribution is -2.35. The Labute approximate surface area is 144 Å². The average molecular weight is 334 g/mol. The molecule has 1 aliphatic heterocycles. The van der Waals surface area contributed by atoms with E-state index < -0.39 is 6.10 Å². The number of aliphatic hydroxyl groups is 1. The van der Waals surface area contributed by atoms with Crippen LogP contribution >= 0.6 is 0 Å². The zero-order valence-corrected chi connectivity index (χ0v) is 14.8. The van der Waals surface area contributed by atoms with Crippen LogP contribution in [0, 0.1) is 5.92 Å². The average Bonchev–Trinajstić information content (AvgIpc) is 2.58. The van der Waals surface area contributed by atoms with Crippen LogP contribution in [0.15, 0.2) is 24.3 Å². The van der Waals surface area contributed by atoms with Crippen LogP contribution in [-0.2, 0) is 4.79 Å². The lowest BCUT2D eigenvalue weighted by molar-refractivity contribution is -0.132. The van der Waals surface area contributed by atoms with Crippen LogP contribution in [-0.4, -0.2) is 59.1 Å². The van der Waals surface area contributed by atoms with Gasteiger partial charge in [-0.3, -0.25) is 4.79 Å². The van der Waals surface area contributed by atoms with Gasteiger partial charge in [0.1, 0.15) is 5.75 Å². The number of piperidine rings is 1. The van der Waals surface area contributed by atoms with Gasteiger partial charge in [-0.2, -0.15) is 0 Å². The van der Waals surface area contributed by atoms with Gasteiger partial charge in [0.2, 0.25) is 5.91 Å². The molecule has 5 nitrogen and oxygen atoms in total. The monoisotopic (exact) mass is 334 g/mol. The maximum atomic E-state index is 12.5. The molecule has 1 amide bonds. The number of carbonyl (C=O) groups is 1. The predicted octanol–water partition coefficient (Wildman–Crippen LogP) is 2.40. The second-order valence-electron chi connectivity index (χ2n) is 6.83. The highest BCUT2D eigenvalue weighted by Crippen LogP contribution is 2.23. The summed E-state index contributed by atoms with van der Waals surface area (Å²) in [4.78, 5) is 16.5. The van der Waals surface area contributed by atoms with Crippen molar-refractivity contribution < 1.29 is 15.0 Å². The third kappa shape index (κ3) is 5.49. The van der Waals surface area contributed by atoms with Crippen molar-refractivity contribution in [3.63, 3.8) is 0 Å². The van der Waals surface area contributed by atoms with E-state index >= 15 is 0 Å². The number of nitrogens with zero attached hydrogens (tertiary/aromatic N) is 2. The van der Waals surface area contributed by atoms with E-state index in [1.54, 1.807) is 29.2 Å². The number of hydrogen-bond donors (Lipinski definition) is 2. The maximum absolute atomic E-state index is 12.5. The largest absolute Gasteiger partial charge is 0.508 e. The van der Waals surface area contributed by atoms with E-state index in [0.29, 0.717) is 24.4 Å². The molecule has 0 saturated carbocycles. The summed E-state index contributed by atoms with van der Waals surface area (Å²) < 4.78 is 0. The summed E-state index contributed by atoms with van der Waals surface area (Å²) in [5, 5.41) is 19.8. The Hall–Kier alpha value is -1.59. The molecule has 5 heteroatoms. The number of carbonyl (C=O) groups excluding carboxylic acids is 1. The third-order valence-electron chi connectivity index (χ3n) is 4.99. The van der Waals surface area contributed by atoms with Gasteiger partial charge in [-0.1, -0.05) is 12.1 Å². The molecular formula is C19H30N2O3. The minimum Gasteiger partial charge on any atom is -0.508 e.